The zero-order chi connectivity index (χ0) is 23.4. The number of H-pyrrole nitrogens is 1. The Morgan fingerprint density at radius 1 is 1.06 bits per heavy atom. The molecular weight excluding hydrogens is 434 g/mol. The fraction of sp³-hybridized carbons (Fsp3) is 0.115. The van der Waals surface area contributed by atoms with Crippen LogP contribution < -0.4 is 9.64 Å². The van der Waals surface area contributed by atoms with Crippen LogP contribution in [0.1, 0.15) is 22.7 Å². The maximum atomic E-state index is 13.3. The van der Waals surface area contributed by atoms with Gasteiger partial charge in [-0.1, -0.05) is 24.3 Å². The Hall–Kier alpha value is -4.59. The number of aromatic hydroxyl groups is 1. The predicted molar refractivity (Wildman–Crippen MR) is 125 cm³/mol. The summed E-state index contributed by atoms with van der Waals surface area (Å²) in [6.07, 6.45) is 0.700. The van der Waals surface area contributed by atoms with Crippen LogP contribution in [-0.2, 0) is 16.0 Å². The summed E-state index contributed by atoms with van der Waals surface area (Å²) in [5, 5.41) is 21.1. The van der Waals surface area contributed by atoms with Gasteiger partial charge in [-0.05, 0) is 53.6 Å². The molecule has 8 heteroatoms. The number of nitrogens with zero attached hydrogens (tertiary/aromatic N) is 2. The summed E-state index contributed by atoms with van der Waals surface area (Å²) in [5.74, 6) is -0.902. The van der Waals surface area contributed by atoms with E-state index in [1.165, 1.54) is 17.0 Å². The molecule has 0 saturated carbocycles. The number of carbonyl (C=O) groups excluding carboxylic acids is 2. The van der Waals surface area contributed by atoms with Crippen LogP contribution in [0, 0.1) is 0 Å². The van der Waals surface area contributed by atoms with Crippen LogP contribution in [0.4, 0.5) is 5.95 Å². The van der Waals surface area contributed by atoms with E-state index in [0.29, 0.717) is 35.2 Å². The topological polar surface area (TPSA) is 116 Å². The van der Waals surface area contributed by atoms with Crippen LogP contribution in [0.2, 0.25) is 0 Å². The first-order valence-corrected chi connectivity index (χ1v) is 10.8. The molecular formula is C26H19N3O5. The van der Waals surface area contributed by atoms with Crippen molar-refractivity contribution in [3.8, 4) is 11.5 Å². The fourth-order valence-electron chi connectivity index (χ4n) is 4.57. The number of hydrogen-bond donors (Lipinski definition) is 3. The Bertz CT molecular complexity index is 1470. The highest BCUT2D eigenvalue weighted by Crippen LogP contribution is 2.42. The minimum atomic E-state index is -0.939. The molecule has 2 aliphatic heterocycles. The third-order valence-electron chi connectivity index (χ3n) is 6.22. The number of rotatable bonds is 3. The van der Waals surface area contributed by atoms with Crippen molar-refractivity contribution in [3.63, 3.8) is 0 Å². The zero-order valence-corrected chi connectivity index (χ0v) is 17.9. The maximum absolute atomic E-state index is 13.3. The predicted octanol–water partition coefficient (Wildman–Crippen LogP) is 3.83. The number of aliphatic hydroxyl groups is 1. The number of nitrogens with one attached hydrogen (secondary N) is 1. The summed E-state index contributed by atoms with van der Waals surface area (Å²) in [4.78, 5) is 35.4. The minimum Gasteiger partial charge on any atom is -0.508 e. The first kappa shape index (κ1) is 20.0. The van der Waals surface area contributed by atoms with E-state index in [9.17, 15) is 19.8 Å². The lowest BCUT2D eigenvalue weighted by Crippen LogP contribution is -2.30. The number of ketones is 1. The van der Waals surface area contributed by atoms with Crippen molar-refractivity contribution in [1.82, 2.24) is 9.97 Å². The van der Waals surface area contributed by atoms with E-state index in [-0.39, 0.29) is 23.0 Å². The average Bonchev–Trinajstić information content (AvgIpc) is 3.55. The smallest absolute Gasteiger partial charge is 0.302 e. The van der Waals surface area contributed by atoms with Gasteiger partial charge in [-0.25, -0.2) is 4.98 Å². The molecule has 2 aliphatic rings. The Morgan fingerprint density at radius 3 is 2.65 bits per heavy atom. The fourth-order valence-corrected chi connectivity index (χ4v) is 4.57. The van der Waals surface area contributed by atoms with Gasteiger partial charge in [0.2, 0.25) is 5.95 Å². The van der Waals surface area contributed by atoms with E-state index >= 15 is 0 Å². The largest absolute Gasteiger partial charge is 0.508 e. The molecule has 168 valence electrons. The number of carbonyl (C=O) groups is 2. The first-order valence-electron chi connectivity index (χ1n) is 10.8. The van der Waals surface area contributed by atoms with Gasteiger partial charge in [0.25, 0.3) is 5.78 Å². The molecule has 0 radical (unpaired) electrons. The molecule has 3 aromatic carbocycles. The number of aromatic amines is 1. The van der Waals surface area contributed by atoms with E-state index < -0.39 is 17.7 Å². The van der Waals surface area contributed by atoms with Gasteiger partial charge >= 0.3 is 5.91 Å². The number of benzene rings is 3. The molecule has 3 N–H and O–H groups in total. The van der Waals surface area contributed by atoms with Crippen molar-refractivity contribution < 1.29 is 24.5 Å². The molecule has 1 saturated heterocycles. The molecule has 4 aromatic rings. The lowest BCUT2D eigenvalue weighted by molar-refractivity contribution is -0.132. The number of aliphatic hydroxyl groups excluding tert-OH is 1. The number of ether oxygens (including phenoxy) is 1. The van der Waals surface area contributed by atoms with Gasteiger partial charge in [-0.3, -0.25) is 14.5 Å². The quantitative estimate of drug-likeness (QED) is 0.247. The number of anilines is 1. The molecule has 1 unspecified atom stereocenters. The Balaban J connectivity index is 1.55. The van der Waals surface area contributed by atoms with Crippen LogP contribution in [0.5, 0.6) is 11.5 Å². The summed E-state index contributed by atoms with van der Waals surface area (Å²) < 4.78 is 5.54. The highest BCUT2D eigenvalue weighted by atomic mass is 16.5. The summed E-state index contributed by atoms with van der Waals surface area (Å²) in [7, 11) is 0. The summed E-state index contributed by atoms with van der Waals surface area (Å²) in [6.45, 7) is 0.559. The van der Waals surface area contributed by atoms with Gasteiger partial charge in [0.05, 0.1) is 29.3 Å². The van der Waals surface area contributed by atoms with Crippen molar-refractivity contribution in [2.75, 3.05) is 11.5 Å². The zero-order valence-electron chi connectivity index (χ0n) is 17.9. The molecule has 0 bridgehead atoms. The number of para-hydroxylation sites is 2. The van der Waals surface area contributed by atoms with Gasteiger partial charge in [0.15, 0.2) is 0 Å². The van der Waals surface area contributed by atoms with Gasteiger partial charge in [0.1, 0.15) is 17.3 Å². The molecule has 0 aliphatic carbocycles. The summed E-state index contributed by atoms with van der Waals surface area (Å²) >= 11 is 0. The standard InChI is InChI=1S/C26H19N3O5/c30-17-8-5-14(6-9-17)22-21(23(31)16-7-10-20-15(13-16)11-12-34-20)24(32)25(33)29(22)26-27-18-3-1-2-4-19(18)28-26/h1-10,13,22,30-31H,11-12H2,(H,27,28)/b23-21+. The van der Waals surface area contributed by atoms with Crippen molar-refractivity contribution in [2.24, 2.45) is 0 Å². The average molecular weight is 453 g/mol. The second-order valence-electron chi connectivity index (χ2n) is 8.26. The highest BCUT2D eigenvalue weighted by molar-refractivity contribution is 6.51. The monoisotopic (exact) mass is 453 g/mol. The molecule has 3 heterocycles. The van der Waals surface area contributed by atoms with Crippen LogP contribution in [0.3, 0.4) is 0 Å². The lowest BCUT2D eigenvalue weighted by Gasteiger charge is -2.23. The maximum Gasteiger partial charge on any atom is 0.302 e. The van der Waals surface area contributed by atoms with E-state index in [1.54, 1.807) is 36.4 Å². The minimum absolute atomic E-state index is 0.0445. The molecule has 0 spiro atoms. The summed E-state index contributed by atoms with van der Waals surface area (Å²) in [5.41, 5.74) is 3.20. The molecule has 1 fully saturated rings. The molecule has 8 nitrogen and oxygen atoms in total. The number of amides is 1. The van der Waals surface area contributed by atoms with Crippen LogP contribution in [0.15, 0.2) is 72.3 Å². The molecule has 6 rings (SSSR count). The molecule has 1 aromatic heterocycles. The molecule has 1 atom stereocenters. The van der Waals surface area contributed by atoms with Crippen LogP contribution in [-0.4, -0.2) is 38.5 Å². The number of phenols is 1. The first-order chi connectivity index (χ1) is 16.5. The van der Waals surface area contributed by atoms with Gasteiger partial charge in [-0.2, -0.15) is 0 Å². The highest BCUT2D eigenvalue weighted by Gasteiger charge is 2.48. The van der Waals surface area contributed by atoms with E-state index in [0.717, 1.165) is 11.3 Å². The van der Waals surface area contributed by atoms with Gasteiger partial charge in [-0.15, -0.1) is 0 Å². The third-order valence-corrected chi connectivity index (χ3v) is 6.22. The number of imidazole rings is 1. The number of hydrogen-bond acceptors (Lipinski definition) is 6. The van der Waals surface area contributed by atoms with Crippen molar-refractivity contribution >= 4 is 34.4 Å². The van der Waals surface area contributed by atoms with Crippen molar-refractivity contribution in [3.05, 3.63) is 89.0 Å². The molecule has 1 amide bonds. The second-order valence-corrected chi connectivity index (χ2v) is 8.26. The molecule has 34 heavy (non-hydrogen) atoms. The summed E-state index contributed by atoms with van der Waals surface area (Å²) in [6, 6.07) is 17.7. The normalized spacial score (nSPS) is 18.9. The van der Waals surface area contributed by atoms with Crippen molar-refractivity contribution in [1.29, 1.82) is 0 Å². The van der Waals surface area contributed by atoms with Crippen LogP contribution >= 0.6 is 0 Å². The Labute approximate surface area is 193 Å². The van der Waals surface area contributed by atoms with Crippen LogP contribution in [0.25, 0.3) is 16.8 Å². The number of fused-ring (bicyclic) bond motifs is 2. The SMILES string of the molecule is O=C1C(=O)N(c2nc3ccccc3[nH]2)C(c2ccc(O)cc2)/C1=C(\O)c1ccc2c(c1)CCO2. The number of Topliss-reactive ketones (excluding diaryl/α,β-unsaturated/α-hetero) is 1. The van der Waals surface area contributed by atoms with E-state index in [4.69, 9.17) is 4.74 Å². The third kappa shape index (κ3) is 3.03. The lowest BCUT2D eigenvalue weighted by atomic mass is 9.94. The number of aromatic nitrogens is 2. The Morgan fingerprint density at radius 2 is 1.85 bits per heavy atom. The van der Waals surface area contributed by atoms with E-state index in [2.05, 4.69) is 9.97 Å². The second kappa shape index (κ2) is 7.48. The van der Waals surface area contributed by atoms with Crippen molar-refractivity contribution in [2.45, 2.75) is 12.5 Å². The van der Waals surface area contributed by atoms with E-state index in [1.807, 2.05) is 18.2 Å². The Kier molecular flexibility index (Phi) is 4.41. The van der Waals surface area contributed by atoms with Gasteiger partial charge in [0, 0.05) is 12.0 Å². The van der Waals surface area contributed by atoms with Gasteiger partial charge < -0.3 is 19.9 Å². The number of phenolic OH excluding ortho intramolecular Hbond substituents is 1.